The minimum Gasteiger partial charge on any atom is -0.351 e. The standard InChI is InChI=1S/C11H17N5S/c1-7(2)11-12-10(17-15-11)6-16(4)9-5-8(3)13-14-9/h5,7H,6H2,1-4H3,(H,13,14). The van der Waals surface area contributed by atoms with Crippen molar-refractivity contribution < 1.29 is 0 Å². The Balaban J connectivity index is 2.05. The first-order valence-corrected chi connectivity index (χ1v) is 6.39. The minimum atomic E-state index is 0.387. The lowest BCUT2D eigenvalue weighted by Gasteiger charge is -2.13. The highest BCUT2D eigenvalue weighted by atomic mass is 32.1. The Labute approximate surface area is 105 Å². The molecule has 0 aliphatic rings. The number of nitrogens with zero attached hydrogens (tertiary/aromatic N) is 4. The lowest BCUT2D eigenvalue weighted by atomic mass is 10.2. The highest BCUT2D eigenvalue weighted by Crippen LogP contribution is 2.17. The molecule has 2 heterocycles. The van der Waals surface area contributed by atoms with E-state index in [0.717, 1.165) is 28.9 Å². The molecular weight excluding hydrogens is 234 g/mol. The van der Waals surface area contributed by atoms with E-state index in [2.05, 4.69) is 38.3 Å². The van der Waals surface area contributed by atoms with E-state index in [1.165, 1.54) is 11.5 Å². The first-order chi connectivity index (χ1) is 8.06. The van der Waals surface area contributed by atoms with Gasteiger partial charge < -0.3 is 4.90 Å². The highest BCUT2D eigenvalue weighted by Gasteiger charge is 2.11. The van der Waals surface area contributed by atoms with Gasteiger partial charge in [0.15, 0.2) is 5.82 Å². The van der Waals surface area contributed by atoms with Crippen LogP contribution in [0.3, 0.4) is 0 Å². The molecule has 0 unspecified atom stereocenters. The molecule has 0 aliphatic heterocycles. The summed E-state index contributed by atoms with van der Waals surface area (Å²) in [5.74, 6) is 2.25. The summed E-state index contributed by atoms with van der Waals surface area (Å²) < 4.78 is 4.34. The summed E-state index contributed by atoms with van der Waals surface area (Å²) >= 11 is 1.47. The van der Waals surface area contributed by atoms with Crippen LogP contribution in [-0.2, 0) is 6.54 Å². The molecule has 0 atom stereocenters. The molecule has 0 saturated carbocycles. The first-order valence-electron chi connectivity index (χ1n) is 5.62. The third-order valence-corrected chi connectivity index (χ3v) is 3.17. The van der Waals surface area contributed by atoms with Crippen LogP contribution in [0.1, 0.15) is 36.3 Å². The molecular formula is C11H17N5S. The van der Waals surface area contributed by atoms with E-state index in [0.29, 0.717) is 5.92 Å². The van der Waals surface area contributed by atoms with Gasteiger partial charge in [-0.2, -0.15) is 9.47 Å². The summed E-state index contributed by atoms with van der Waals surface area (Å²) in [6.07, 6.45) is 0. The number of aromatic amines is 1. The average molecular weight is 251 g/mol. The van der Waals surface area contributed by atoms with Crippen LogP contribution in [0.4, 0.5) is 5.82 Å². The fraction of sp³-hybridized carbons (Fsp3) is 0.545. The SMILES string of the molecule is Cc1cc(N(C)Cc2nc(C(C)C)ns2)n[nH]1. The van der Waals surface area contributed by atoms with Gasteiger partial charge in [-0.3, -0.25) is 5.10 Å². The highest BCUT2D eigenvalue weighted by molar-refractivity contribution is 7.05. The summed E-state index contributed by atoms with van der Waals surface area (Å²) in [7, 11) is 2.01. The molecule has 0 spiro atoms. The van der Waals surface area contributed by atoms with Crippen LogP contribution < -0.4 is 4.90 Å². The molecule has 92 valence electrons. The maximum absolute atomic E-state index is 4.51. The second-order valence-corrected chi connectivity index (χ2v) is 5.30. The summed E-state index contributed by atoms with van der Waals surface area (Å²) in [5, 5.41) is 8.17. The molecule has 0 bridgehead atoms. The van der Waals surface area contributed by atoms with E-state index in [1.807, 2.05) is 20.0 Å². The molecule has 2 rings (SSSR count). The second-order valence-electron chi connectivity index (χ2n) is 4.47. The van der Waals surface area contributed by atoms with E-state index < -0.39 is 0 Å². The lowest BCUT2D eigenvalue weighted by molar-refractivity contribution is 0.783. The predicted molar refractivity (Wildman–Crippen MR) is 69.4 cm³/mol. The van der Waals surface area contributed by atoms with Crippen molar-refractivity contribution in [3.8, 4) is 0 Å². The van der Waals surface area contributed by atoms with Gasteiger partial charge in [-0.05, 0) is 18.5 Å². The number of aromatic nitrogens is 4. The first kappa shape index (κ1) is 12.0. The third kappa shape index (κ3) is 2.82. The third-order valence-electron chi connectivity index (χ3n) is 2.46. The predicted octanol–water partition coefficient (Wildman–Crippen LogP) is 2.33. The summed E-state index contributed by atoms with van der Waals surface area (Å²) in [6, 6.07) is 2.02. The van der Waals surface area contributed by atoms with E-state index >= 15 is 0 Å². The van der Waals surface area contributed by atoms with E-state index in [9.17, 15) is 0 Å². The van der Waals surface area contributed by atoms with Crippen LogP contribution in [0.15, 0.2) is 6.07 Å². The Hall–Kier alpha value is -1.43. The minimum absolute atomic E-state index is 0.387. The van der Waals surface area contributed by atoms with Gasteiger partial charge in [0.2, 0.25) is 0 Å². The van der Waals surface area contributed by atoms with Gasteiger partial charge in [-0.15, -0.1) is 0 Å². The normalized spacial score (nSPS) is 11.1. The van der Waals surface area contributed by atoms with Gasteiger partial charge in [0.25, 0.3) is 0 Å². The summed E-state index contributed by atoms with van der Waals surface area (Å²) in [5.41, 5.74) is 1.06. The fourth-order valence-corrected chi connectivity index (χ4v) is 2.29. The monoisotopic (exact) mass is 251 g/mol. The Kier molecular flexibility index (Phi) is 3.42. The van der Waals surface area contributed by atoms with Crippen LogP contribution in [0.2, 0.25) is 0 Å². The molecule has 5 nitrogen and oxygen atoms in total. The van der Waals surface area contributed by atoms with Crippen molar-refractivity contribution >= 4 is 17.4 Å². The van der Waals surface area contributed by atoms with Gasteiger partial charge in [0.1, 0.15) is 10.8 Å². The molecule has 2 aromatic heterocycles. The van der Waals surface area contributed by atoms with Crippen molar-refractivity contribution in [1.82, 2.24) is 19.6 Å². The van der Waals surface area contributed by atoms with Gasteiger partial charge in [0.05, 0.1) is 6.54 Å². The number of hydrogen-bond acceptors (Lipinski definition) is 5. The average Bonchev–Trinajstić information content (AvgIpc) is 2.86. The molecule has 1 N–H and O–H groups in total. The van der Waals surface area contributed by atoms with Crippen LogP contribution in [0, 0.1) is 6.92 Å². The number of anilines is 1. The van der Waals surface area contributed by atoms with Crippen LogP contribution in [-0.4, -0.2) is 26.6 Å². The number of hydrogen-bond donors (Lipinski definition) is 1. The second kappa shape index (κ2) is 4.83. The number of nitrogens with one attached hydrogen (secondary N) is 1. The molecule has 17 heavy (non-hydrogen) atoms. The van der Waals surface area contributed by atoms with Crippen molar-refractivity contribution in [2.45, 2.75) is 33.2 Å². The maximum atomic E-state index is 4.51. The van der Waals surface area contributed by atoms with E-state index in [4.69, 9.17) is 0 Å². The molecule has 0 aliphatic carbocycles. The molecule has 0 fully saturated rings. The summed E-state index contributed by atoms with van der Waals surface area (Å²) in [4.78, 5) is 6.57. The van der Waals surface area contributed by atoms with Crippen LogP contribution >= 0.6 is 11.5 Å². The van der Waals surface area contributed by atoms with E-state index in [1.54, 1.807) is 0 Å². The Morgan fingerprint density at radius 2 is 2.24 bits per heavy atom. The molecule has 0 radical (unpaired) electrons. The molecule has 0 amide bonds. The van der Waals surface area contributed by atoms with Gasteiger partial charge >= 0.3 is 0 Å². The topological polar surface area (TPSA) is 57.7 Å². The smallest absolute Gasteiger partial charge is 0.150 e. The number of aryl methyl sites for hydroxylation is 1. The van der Waals surface area contributed by atoms with Crippen molar-refractivity contribution in [3.05, 3.63) is 22.6 Å². The number of rotatable bonds is 4. The lowest BCUT2D eigenvalue weighted by Crippen LogP contribution is -2.16. The molecule has 2 aromatic rings. The maximum Gasteiger partial charge on any atom is 0.150 e. The van der Waals surface area contributed by atoms with E-state index in [-0.39, 0.29) is 0 Å². The van der Waals surface area contributed by atoms with Gasteiger partial charge in [-0.25, -0.2) is 4.98 Å². The zero-order valence-corrected chi connectivity index (χ0v) is 11.4. The van der Waals surface area contributed by atoms with Crippen molar-refractivity contribution in [1.29, 1.82) is 0 Å². The quantitative estimate of drug-likeness (QED) is 0.906. The van der Waals surface area contributed by atoms with Crippen molar-refractivity contribution in [2.75, 3.05) is 11.9 Å². The Morgan fingerprint density at radius 1 is 1.47 bits per heavy atom. The van der Waals surface area contributed by atoms with Crippen molar-refractivity contribution in [2.24, 2.45) is 0 Å². The summed E-state index contributed by atoms with van der Waals surface area (Å²) in [6.45, 7) is 6.94. The Bertz CT molecular complexity index is 488. The fourth-order valence-electron chi connectivity index (χ4n) is 1.45. The zero-order chi connectivity index (χ0) is 12.4. The van der Waals surface area contributed by atoms with Gasteiger partial charge in [-0.1, -0.05) is 13.8 Å². The van der Waals surface area contributed by atoms with Crippen LogP contribution in [0.5, 0.6) is 0 Å². The number of H-pyrrole nitrogens is 1. The Morgan fingerprint density at radius 3 is 2.76 bits per heavy atom. The largest absolute Gasteiger partial charge is 0.351 e. The van der Waals surface area contributed by atoms with Gasteiger partial charge in [0, 0.05) is 24.7 Å². The van der Waals surface area contributed by atoms with Crippen molar-refractivity contribution in [3.63, 3.8) is 0 Å². The zero-order valence-electron chi connectivity index (χ0n) is 10.6. The molecule has 0 saturated heterocycles. The molecule has 0 aromatic carbocycles. The molecule has 6 heteroatoms. The van der Waals surface area contributed by atoms with Crippen LogP contribution in [0.25, 0.3) is 0 Å².